The number of piperazine rings is 1. The van der Waals surface area contributed by atoms with Crippen LogP contribution in [-0.4, -0.2) is 90.9 Å². The minimum atomic E-state index is -0.114. The highest BCUT2D eigenvalue weighted by atomic mass is 16.5. The SMILES string of the molecule is COc1cc2c(N3CCN(C(=O)Nc4ccc(OC(C)C)cc4)CC3)ncnc2cc1OCCN1CCCC[C@@H]1C. The average molecular weight is 563 g/mol. The molecule has 2 aromatic carbocycles. The van der Waals surface area contributed by atoms with Gasteiger partial charge in [-0.2, -0.15) is 0 Å². The maximum absolute atomic E-state index is 12.9. The number of ether oxygens (including phenoxy) is 3. The van der Waals surface area contributed by atoms with Crippen molar-refractivity contribution in [2.75, 3.05) is 63.2 Å². The number of piperidine rings is 1. The number of hydrogen-bond acceptors (Lipinski definition) is 8. The van der Waals surface area contributed by atoms with E-state index in [4.69, 9.17) is 14.2 Å². The smallest absolute Gasteiger partial charge is 0.321 e. The third kappa shape index (κ3) is 7.11. The molecule has 0 aliphatic carbocycles. The Balaban J connectivity index is 1.20. The number of hydrogen-bond donors (Lipinski definition) is 1. The first-order valence-corrected chi connectivity index (χ1v) is 14.7. The molecule has 2 aliphatic heterocycles. The summed E-state index contributed by atoms with van der Waals surface area (Å²) in [5, 5.41) is 3.90. The summed E-state index contributed by atoms with van der Waals surface area (Å²) in [6.07, 6.45) is 5.51. The fraction of sp³-hybridized carbons (Fsp3) is 0.516. The molecule has 41 heavy (non-hydrogen) atoms. The quantitative estimate of drug-likeness (QED) is 0.388. The van der Waals surface area contributed by atoms with Crippen LogP contribution in [0.1, 0.15) is 40.0 Å². The standard InChI is InChI=1S/C31H42N6O4/c1-22(2)41-25-10-8-24(9-11-25)34-31(38)37-15-13-36(14-16-37)30-26-19-28(39-4)29(20-27(26)32-21-33-30)40-18-17-35-12-6-5-7-23(35)3/h8-11,19-23H,5-7,12-18H2,1-4H3,(H,34,38)/t23-/m0/s1. The molecule has 5 rings (SSSR count). The zero-order valence-electron chi connectivity index (χ0n) is 24.6. The Morgan fingerprint density at radius 2 is 1.80 bits per heavy atom. The molecule has 0 unspecified atom stereocenters. The lowest BCUT2D eigenvalue weighted by molar-refractivity contribution is 0.132. The minimum Gasteiger partial charge on any atom is -0.493 e. The van der Waals surface area contributed by atoms with E-state index in [9.17, 15) is 4.79 Å². The van der Waals surface area contributed by atoms with Crippen LogP contribution in [-0.2, 0) is 0 Å². The highest BCUT2D eigenvalue weighted by Crippen LogP contribution is 2.35. The van der Waals surface area contributed by atoms with Crippen LogP contribution in [0.2, 0.25) is 0 Å². The third-order valence-electron chi connectivity index (χ3n) is 7.82. The van der Waals surface area contributed by atoms with E-state index < -0.39 is 0 Å². The van der Waals surface area contributed by atoms with Crippen LogP contribution in [0, 0.1) is 0 Å². The molecule has 1 aromatic heterocycles. The van der Waals surface area contributed by atoms with E-state index in [1.165, 1.54) is 19.3 Å². The Morgan fingerprint density at radius 3 is 2.51 bits per heavy atom. The Hall–Kier alpha value is -3.79. The molecule has 1 N–H and O–H groups in total. The summed E-state index contributed by atoms with van der Waals surface area (Å²) >= 11 is 0. The number of rotatable bonds is 9. The van der Waals surface area contributed by atoms with Gasteiger partial charge in [-0.25, -0.2) is 14.8 Å². The number of methoxy groups -OCH3 is 1. The molecule has 3 heterocycles. The summed E-state index contributed by atoms with van der Waals surface area (Å²) in [6, 6.07) is 11.9. The molecule has 0 bridgehead atoms. The van der Waals surface area contributed by atoms with Crippen LogP contribution in [0.5, 0.6) is 17.2 Å². The predicted octanol–water partition coefficient (Wildman–Crippen LogP) is 5.03. The fourth-order valence-corrected chi connectivity index (χ4v) is 5.55. The van der Waals surface area contributed by atoms with E-state index in [2.05, 4.69) is 32.0 Å². The predicted molar refractivity (Wildman–Crippen MR) is 161 cm³/mol. The number of aromatic nitrogens is 2. The molecule has 1 atom stereocenters. The summed E-state index contributed by atoms with van der Waals surface area (Å²) in [6.45, 7) is 11.4. The highest BCUT2D eigenvalue weighted by Gasteiger charge is 2.24. The molecule has 0 radical (unpaired) electrons. The third-order valence-corrected chi connectivity index (χ3v) is 7.82. The molecule has 0 spiro atoms. The summed E-state index contributed by atoms with van der Waals surface area (Å²) in [7, 11) is 1.66. The molecular formula is C31H42N6O4. The van der Waals surface area contributed by atoms with E-state index >= 15 is 0 Å². The normalized spacial score (nSPS) is 18.0. The van der Waals surface area contributed by atoms with Crippen LogP contribution in [0.25, 0.3) is 10.9 Å². The number of amides is 2. The van der Waals surface area contributed by atoms with E-state index in [0.29, 0.717) is 50.3 Å². The molecule has 10 heteroatoms. The number of benzene rings is 2. The van der Waals surface area contributed by atoms with Crippen LogP contribution in [0.15, 0.2) is 42.7 Å². The number of nitrogens with zero attached hydrogens (tertiary/aromatic N) is 5. The molecule has 3 aromatic rings. The van der Waals surface area contributed by atoms with Crippen molar-refractivity contribution in [2.45, 2.75) is 52.2 Å². The number of likely N-dealkylation sites (tertiary alicyclic amines) is 1. The van der Waals surface area contributed by atoms with Gasteiger partial charge in [-0.1, -0.05) is 6.42 Å². The van der Waals surface area contributed by atoms with Crippen molar-refractivity contribution in [1.29, 1.82) is 0 Å². The molecule has 0 saturated carbocycles. The largest absolute Gasteiger partial charge is 0.493 e. The first kappa shape index (κ1) is 28.7. The van der Waals surface area contributed by atoms with Crippen molar-refractivity contribution in [3.63, 3.8) is 0 Å². The first-order chi connectivity index (χ1) is 19.9. The van der Waals surface area contributed by atoms with E-state index in [0.717, 1.165) is 41.2 Å². The van der Waals surface area contributed by atoms with Gasteiger partial charge >= 0.3 is 6.03 Å². The van der Waals surface area contributed by atoms with Crippen LogP contribution in [0.3, 0.4) is 0 Å². The molecule has 2 aliphatic rings. The van der Waals surface area contributed by atoms with Crippen molar-refractivity contribution in [1.82, 2.24) is 19.8 Å². The summed E-state index contributed by atoms with van der Waals surface area (Å²) in [5.41, 5.74) is 1.55. The van der Waals surface area contributed by atoms with Gasteiger partial charge in [0, 0.05) is 55.9 Å². The van der Waals surface area contributed by atoms with Crippen molar-refractivity contribution in [2.24, 2.45) is 0 Å². The number of anilines is 2. The van der Waals surface area contributed by atoms with Crippen LogP contribution >= 0.6 is 0 Å². The second-order valence-electron chi connectivity index (χ2n) is 11.0. The van der Waals surface area contributed by atoms with E-state index in [1.54, 1.807) is 13.4 Å². The van der Waals surface area contributed by atoms with Gasteiger partial charge in [0.15, 0.2) is 11.5 Å². The summed E-state index contributed by atoms with van der Waals surface area (Å²) in [4.78, 5) is 28.6. The molecular weight excluding hydrogens is 520 g/mol. The fourth-order valence-electron chi connectivity index (χ4n) is 5.55. The number of carbonyl (C=O) groups excluding carboxylic acids is 1. The van der Waals surface area contributed by atoms with Gasteiger partial charge in [-0.3, -0.25) is 4.90 Å². The zero-order chi connectivity index (χ0) is 28.8. The Morgan fingerprint density at radius 1 is 1.02 bits per heavy atom. The molecule has 220 valence electrons. The van der Waals surface area contributed by atoms with Crippen molar-refractivity contribution in [3.8, 4) is 17.2 Å². The Kier molecular flexibility index (Phi) is 9.28. The van der Waals surface area contributed by atoms with Crippen molar-refractivity contribution >= 4 is 28.4 Å². The monoisotopic (exact) mass is 562 g/mol. The van der Waals surface area contributed by atoms with Gasteiger partial charge in [0.25, 0.3) is 0 Å². The molecule has 10 nitrogen and oxygen atoms in total. The van der Waals surface area contributed by atoms with Crippen molar-refractivity contribution < 1.29 is 19.0 Å². The second kappa shape index (κ2) is 13.2. The average Bonchev–Trinajstić information content (AvgIpc) is 2.98. The van der Waals surface area contributed by atoms with Gasteiger partial charge in [-0.05, 0) is 70.5 Å². The van der Waals surface area contributed by atoms with Gasteiger partial charge < -0.3 is 29.3 Å². The second-order valence-corrected chi connectivity index (χ2v) is 11.0. The first-order valence-electron chi connectivity index (χ1n) is 14.7. The van der Waals surface area contributed by atoms with Gasteiger partial charge in [0.2, 0.25) is 0 Å². The van der Waals surface area contributed by atoms with Gasteiger partial charge in [0.05, 0.1) is 18.7 Å². The number of carbonyl (C=O) groups is 1. The van der Waals surface area contributed by atoms with Crippen LogP contribution < -0.4 is 24.4 Å². The zero-order valence-corrected chi connectivity index (χ0v) is 24.6. The lowest BCUT2D eigenvalue weighted by atomic mass is 10.0. The van der Waals surface area contributed by atoms with Gasteiger partial charge in [0.1, 0.15) is 24.5 Å². The van der Waals surface area contributed by atoms with Gasteiger partial charge in [-0.15, -0.1) is 0 Å². The number of urea groups is 1. The number of nitrogens with one attached hydrogen (secondary N) is 1. The lowest BCUT2D eigenvalue weighted by Gasteiger charge is -2.35. The summed E-state index contributed by atoms with van der Waals surface area (Å²) in [5.74, 6) is 2.98. The van der Waals surface area contributed by atoms with E-state index in [-0.39, 0.29) is 12.1 Å². The maximum atomic E-state index is 12.9. The Bertz CT molecular complexity index is 1310. The topological polar surface area (TPSA) is 92.3 Å². The summed E-state index contributed by atoms with van der Waals surface area (Å²) < 4.78 is 17.6. The maximum Gasteiger partial charge on any atom is 0.321 e. The highest BCUT2D eigenvalue weighted by molar-refractivity contribution is 5.92. The van der Waals surface area contributed by atoms with E-state index in [1.807, 2.05) is 55.1 Å². The number of fused-ring (bicyclic) bond motifs is 1. The molecule has 2 saturated heterocycles. The molecule has 2 fully saturated rings. The lowest BCUT2D eigenvalue weighted by Crippen LogP contribution is -2.50. The van der Waals surface area contributed by atoms with Crippen LogP contribution in [0.4, 0.5) is 16.3 Å². The van der Waals surface area contributed by atoms with Crippen molar-refractivity contribution in [3.05, 3.63) is 42.7 Å². The molecule has 2 amide bonds. The Labute approximate surface area is 242 Å². The minimum absolute atomic E-state index is 0.105.